The number of rotatable bonds is 4. The molecule has 1 heterocycles. The van der Waals surface area contributed by atoms with E-state index in [0.717, 1.165) is 12.3 Å². The molecule has 17 heavy (non-hydrogen) atoms. The maximum atomic E-state index is 11.7. The van der Waals surface area contributed by atoms with Gasteiger partial charge in [-0.05, 0) is 12.3 Å². The average molecular weight is 254 g/mol. The van der Waals surface area contributed by atoms with E-state index in [0.29, 0.717) is 6.54 Å². The molecule has 5 heteroatoms. The predicted molar refractivity (Wildman–Crippen MR) is 66.0 cm³/mol. The molecule has 0 bridgehead atoms. The molecule has 4 nitrogen and oxygen atoms in total. The first-order chi connectivity index (χ1) is 8.25. The summed E-state index contributed by atoms with van der Waals surface area (Å²) in [5.74, 6) is 0.582. The molecule has 0 aliphatic heterocycles. The number of nitrogens with one attached hydrogen (secondary N) is 1. The van der Waals surface area contributed by atoms with E-state index in [4.69, 9.17) is 11.6 Å². The number of hydrogen-bond donors (Lipinski definition) is 1. The molecule has 92 valence electrons. The Morgan fingerprint density at radius 3 is 2.88 bits per heavy atom. The van der Waals surface area contributed by atoms with Gasteiger partial charge in [0.15, 0.2) is 0 Å². The van der Waals surface area contributed by atoms with Gasteiger partial charge in [0, 0.05) is 6.54 Å². The number of nitrogens with zero attached hydrogens (tertiary/aromatic N) is 2. The number of amides is 1. The van der Waals surface area contributed by atoms with Crippen molar-refractivity contribution in [2.45, 2.75) is 32.1 Å². The molecule has 0 spiro atoms. The topological polar surface area (TPSA) is 54.9 Å². The summed E-state index contributed by atoms with van der Waals surface area (Å²) in [6, 6.07) is 0. The van der Waals surface area contributed by atoms with E-state index in [1.165, 1.54) is 38.1 Å². The fraction of sp³-hybridized carbons (Fsp3) is 0.583. The quantitative estimate of drug-likeness (QED) is 0.897. The fourth-order valence-electron chi connectivity index (χ4n) is 2.23. The molecule has 0 saturated heterocycles. The third-order valence-corrected chi connectivity index (χ3v) is 3.33. The first-order valence-corrected chi connectivity index (χ1v) is 6.39. The van der Waals surface area contributed by atoms with Gasteiger partial charge in [-0.1, -0.05) is 37.3 Å². The van der Waals surface area contributed by atoms with Crippen LogP contribution in [0, 0.1) is 5.92 Å². The third-order valence-electron chi connectivity index (χ3n) is 3.15. The zero-order valence-corrected chi connectivity index (χ0v) is 10.4. The molecule has 2 rings (SSSR count). The van der Waals surface area contributed by atoms with E-state index in [2.05, 4.69) is 15.3 Å². The van der Waals surface area contributed by atoms with Gasteiger partial charge in [0.05, 0.1) is 12.4 Å². The van der Waals surface area contributed by atoms with E-state index in [9.17, 15) is 4.79 Å². The van der Waals surface area contributed by atoms with Crippen LogP contribution >= 0.6 is 11.6 Å². The lowest BCUT2D eigenvalue weighted by Crippen LogP contribution is -2.26. The summed E-state index contributed by atoms with van der Waals surface area (Å²) in [5.41, 5.74) is 0.281. The largest absolute Gasteiger partial charge is 0.351 e. The molecule has 1 saturated carbocycles. The second kappa shape index (κ2) is 5.96. The van der Waals surface area contributed by atoms with Crippen LogP contribution in [0.3, 0.4) is 0 Å². The molecule has 1 N–H and O–H groups in total. The van der Waals surface area contributed by atoms with E-state index in [-0.39, 0.29) is 16.8 Å². The smallest absolute Gasteiger partial charge is 0.271 e. The molecule has 1 aromatic heterocycles. The minimum atomic E-state index is -0.196. The van der Waals surface area contributed by atoms with E-state index in [1.807, 2.05) is 0 Å². The van der Waals surface area contributed by atoms with Crippen molar-refractivity contribution in [1.82, 2.24) is 15.3 Å². The molecule has 0 unspecified atom stereocenters. The number of aromatic nitrogens is 2. The number of halogens is 1. The van der Waals surface area contributed by atoms with E-state index in [1.54, 1.807) is 0 Å². The van der Waals surface area contributed by atoms with Crippen molar-refractivity contribution < 1.29 is 4.79 Å². The predicted octanol–water partition coefficient (Wildman–Crippen LogP) is 2.44. The van der Waals surface area contributed by atoms with Crippen LogP contribution in [-0.4, -0.2) is 22.4 Å². The van der Waals surface area contributed by atoms with Crippen LogP contribution in [0.4, 0.5) is 0 Å². The van der Waals surface area contributed by atoms with Crippen molar-refractivity contribution in [3.05, 3.63) is 23.2 Å². The maximum absolute atomic E-state index is 11.7. The molecule has 0 radical (unpaired) electrons. The minimum Gasteiger partial charge on any atom is -0.351 e. The van der Waals surface area contributed by atoms with Gasteiger partial charge in [-0.2, -0.15) is 0 Å². The molecule has 1 aliphatic carbocycles. The summed E-state index contributed by atoms with van der Waals surface area (Å²) < 4.78 is 0. The Hall–Kier alpha value is -1.16. The Balaban J connectivity index is 1.77. The average Bonchev–Trinajstić information content (AvgIpc) is 2.82. The van der Waals surface area contributed by atoms with Gasteiger partial charge in [-0.3, -0.25) is 9.78 Å². The number of carbonyl (C=O) groups is 1. The standard InChI is InChI=1S/C12H16ClN3O/c13-11-8-14-7-10(16-11)12(17)15-6-5-9-3-1-2-4-9/h7-9H,1-6H2,(H,15,17). The molecule has 0 aromatic carbocycles. The van der Waals surface area contributed by atoms with Gasteiger partial charge in [-0.25, -0.2) is 4.98 Å². The molecular weight excluding hydrogens is 238 g/mol. The van der Waals surface area contributed by atoms with Crippen molar-refractivity contribution in [2.24, 2.45) is 5.92 Å². The van der Waals surface area contributed by atoms with Crippen LogP contribution in [0.25, 0.3) is 0 Å². The summed E-state index contributed by atoms with van der Waals surface area (Å²) >= 11 is 5.67. The first kappa shape index (κ1) is 12.3. The van der Waals surface area contributed by atoms with Gasteiger partial charge in [-0.15, -0.1) is 0 Å². The molecule has 1 aliphatic rings. The van der Waals surface area contributed by atoms with Crippen LogP contribution < -0.4 is 5.32 Å². The van der Waals surface area contributed by atoms with Crippen molar-refractivity contribution >= 4 is 17.5 Å². The molecule has 1 amide bonds. The van der Waals surface area contributed by atoms with Crippen LogP contribution in [0.15, 0.2) is 12.4 Å². The van der Waals surface area contributed by atoms with Gasteiger partial charge >= 0.3 is 0 Å². The third kappa shape index (κ3) is 3.66. The minimum absolute atomic E-state index is 0.196. The highest BCUT2D eigenvalue weighted by atomic mass is 35.5. The molecule has 1 aromatic rings. The molecule has 1 fully saturated rings. The van der Waals surface area contributed by atoms with E-state index >= 15 is 0 Å². The van der Waals surface area contributed by atoms with Gasteiger partial charge in [0.2, 0.25) is 0 Å². The number of hydrogen-bond acceptors (Lipinski definition) is 3. The monoisotopic (exact) mass is 253 g/mol. The summed E-state index contributed by atoms with van der Waals surface area (Å²) in [5, 5.41) is 3.10. The Bertz CT molecular complexity index is 391. The van der Waals surface area contributed by atoms with Gasteiger partial charge in [0.25, 0.3) is 5.91 Å². The van der Waals surface area contributed by atoms with Crippen molar-refractivity contribution in [3.8, 4) is 0 Å². The lowest BCUT2D eigenvalue weighted by Gasteiger charge is -2.09. The second-order valence-electron chi connectivity index (χ2n) is 4.42. The second-order valence-corrected chi connectivity index (χ2v) is 4.81. The molecule has 0 atom stereocenters. The Labute approximate surface area is 106 Å². The normalized spacial score (nSPS) is 16.1. The lowest BCUT2D eigenvalue weighted by atomic mass is 10.0. The van der Waals surface area contributed by atoms with Crippen molar-refractivity contribution in [2.75, 3.05) is 6.54 Å². The molecular formula is C12H16ClN3O. The Morgan fingerprint density at radius 1 is 1.41 bits per heavy atom. The van der Waals surface area contributed by atoms with E-state index < -0.39 is 0 Å². The lowest BCUT2D eigenvalue weighted by molar-refractivity contribution is 0.0946. The maximum Gasteiger partial charge on any atom is 0.271 e. The summed E-state index contributed by atoms with van der Waals surface area (Å²) in [6.07, 6.45) is 9.16. The van der Waals surface area contributed by atoms with Crippen LogP contribution in [0.5, 0.6) is 0 Å². The van der Waals surface area contributed by atoms with Crippen molar-refractivity contribution in [1.29, 1.82) is 0 Å². The summed E-state index contributed by atoms with van der Waals surface area (Å²) in [4.78, 5) is 19.4. The highest BCUT2D eigenvalue weighted by Gasteiger charge is 2.15. The Kier molecular flexibility index (Phi) is 4.31. The first-order valence-electron chi connectivity index (χ1n) is 6.01. The Morgan fingerprint density at radius 2 is 2.18 bits per heavy atom. The highest BCUT2D eigenvalue weighted by Crippen LogP contribution is 2.26. The van der Waals surface area contributed by atoms with Crippen molar-refractivity contribution in [3.63, 3.8) is 0 Å². The zero-order valence-electron chi connectivity index (χ0n) is 9.66. The number of carbonyl (C=O) groups excluding carboxylic acids is 1. The van der Waals surface area contributed by atoms with Gasteiger partial charge < -0.3 is 5.32 Å². The van der Waals surface area contributed by atoms with Crippen LogP contribution in [0.2, 0.25) is 5.15 Å². The van der Waals surface area contributed by atoms with Gasteiger partial charge in [0.1, 0.15) is 10.8 Å². The summed E-state index contributed by atoms with van der Waals surface area (Å²) in [7, 11) is 0. The highest BCUT2D eigenvalue weighted by molar-refractivity contribution is 6.29. The van der Waals surface area contributed by atoms with Crippen LogP contribution in [0.1, 0.15) is 42.6 Å². The summed E-state index contributed by atoms with van der Waals surface area (Å²) in [6.45, 7) is 0.706. The van der Waals surface area contributed by atoms with Crippen LogP contribution in [-0.2, 0) is 0 Å². The SMILES string of the molecule is O=C(NCCC1CCCC1)c1cncc(Cl)n1. The fourth-order valence-corrected chi connectivity index (χ4v) is 2.38. The zero-order chi connectivity index (χ0) is 12.1.